The molecule has 1 nitrogen and oxygen atoms in total. The van der Waals surface area contributed by atoms with Crippen molar-refractivity contribution in [3.05, 3.63) is 77.4 Å². The van der Waals surface area contributed by atoms with Gasteiger partial charge in [-0.05, 0) is 56.7 Å². The summed E-state index contributed by atoms with van der Waals surface area (Å²) in [6.07, 6.45) is 5.90. The molecule has 0 radical (unpaired) electrons. The van der Waals surface area contributed by atoms with E-state index >= 15 is 0 Å². The number of hydrogen-bond acceptors (Lipinski definition) is 1. The largest absolute Gasteiger partial charge is 0.376 e. The lowest BCUT2D eigenvalue weighted by molar-refractivity contribution is -0.00236. The van der Waals surface area contributed by atoms with E-state index in [1.807, 2.05) is 0 Å². The van der Waals surface area contributed by atoms with Crippen LogP contribution in [0.4, 0.5) is 0 Å². The Balaban J connectivity index is 0.000000416. The van der Waals surface area contributed by atoms with Crippen LogP contribution in [-0.2, 0) is 4.74 Å². The van der Waals surface area contributed by atoms with Crippen LogP contribution < -0.4 is 0 Å². The van der Waals surface area contributed by atoms with Crippen molar-refractivity contribution in [2.24, 2.45) is 0 Å². The molecular weight excluding hydrogens is 340 g/mol. The predicted molar refractivity (Wildman–Crippen MR) is 125 cm³/mol. The molecule has 0 spiro atoms. The van der Waals surface area contributed by atoms with Gasteiger partial charge in [-0.25, -0.2) is 0 Å². The maximum atomic E-state index is 5.38. The van der Waals surface area contributed by atoms with Crippen molar-refractivity contribution in [2.75, 3.05) is 6.61 Å². The summed E-state index contributed by atoms with van der Waals surface area (Å²) >= 11 is 0. The Bertz CT molecular complexity index is 613. The summed E-state index contributed by atoms with van der Waals surface area (Å²) in [5.41, 5.74) is 5.77. The highest BCUT2D eigenvalue weighted by Crippen LogP contribution is 2.31. The highest BCUT2D eigenvalue weighted by Gasteiger charge is 2.10. The fraction of sp³-hybridized carbons (Fsp3) is 0.481. The number of benzene rings is 2. The van der Waals surface area contributed by atoms with Crippen molar-refractivity contribution in [1.82, 2.24) is 0 Å². The lowest BCUT2D eigenvalue weighted by Crippen LogP contribution is -2.19. The fourth-order valence-corrected chi connectivity index (χ4v) is 3.17. The first-order valence-electron chi connectivity index (χ1n) is 10.9. The third kappa shape index (κ3) is 9.37. The second kappa shape index (κ2) is 13.3. The van der Waals surface area contributed by atoms with Crippen LogP contribution in [0.3, 0.4) is 0 Å². The normalized spacial score (nSPS) is 10.8. The Labute approximate surface area is 173 Å². The second-order valence-corrected chi connectivity index (χ2v) is 8.17. The van der Waals surface area contributed by atoms with Gasteiger partial charge in [-0.2, -0.15) is 0 Å². The summed E-state index contributed by atoms with van der Waals surface area (Å²) in [6.45, 7) is 13.7. The molecule has 28 heavy (non-hydrogen) atoms. The zero-order valence-electron chi connectivity index (χ0n) is 18.9. The van der Waals surface area contributed by atoms with Crippen molar-refractivity contribution in [2.45, 2.75) is 79.2 Å². The molecule has 0 atom stereocenters. The van der Waals surface area contributed by atoms with Crippen LogP contribution in [0.2, 0.25) is 0 Å². The lowest BCUT2D eigenvalue weighted by atomic mass is 9.89. The summed E-state index contributed by atoms with van der Waals surface area (Å²) in [5, 5.41) is 0. The monoisotopic (exact) mass is 380 g/mol. The summed E-state index contributed by atoms with van der Waals surface area (Å²) in [5.74, 6) is 0. The van der Waals surface area contributed by atoms with Crippen molar-refractivity contribution in [3.8, 4) is 0 Å². The first-order valence-corrected chi connectivity index (χ1v) is 10.9. The van der Waals surface area contributed by atoms with Gasteiger partial charge in [0, 0.05) is 6.61 Å². The SMILES string of the molecule is CCCC(CCC)=C(c1ccccc1)c1ccccc1.CCCOC(C)(C)C. The minimum absolute atomic E-state index is 0.0516. The van der Waals surface area contributed by atoms with Gasteiger partial charge in [0.15, 0.2) is 0 Å². The molecule has 0 aliphatic carbocycles. The molecule has 2 aromatic rings. The molecule has 0 amide bonds. The van der Waals surface area contributed by atoms with Gasteiger partial charge in [0.05, 0.1) is 5.60 Å². The Morgan fingerprint density at radius 3 is 1.39 bits per heavy atom. The van der Waals surface area contributed by atoms with Crippen molar-refractivity contribution >= 4 is 5.57 Å². The summed E-state index contributed by atoms with van der Waals surface area (Å²) in [7, 11) is 0. The molecule has 0 aromatic heterocycles. The van der Waals surface area contributed by atoms with Crippen LogP contribution in [0.15, 0.2) is 66.2 Å². The van der Waals surface area contributed by atoms with E-state index in [0.717, 1.165) is 13.0 Å². The summed E-state index contributed by atoms with van der Waals surface area (Å²) in [4.78, 5) is 0. The Morgan fingerprint density at radius 2 is 1.11 bits per heavy atom. The molecule has 0 aliphatic rings. The molecule has 0 saturated heterocycles. The van der Waals surface area contributed by atoms with E-state index in [1.54, 1.807) is 5.57 Å². The van der Waals surface area contributed by atoms with E-state index in [0.29, 0.717) is 0 Å². The molecule has 2 rings (SSSR count). The van der Waals surface area contributed by atoms with Crippen LogP contribution in [-0.4, -0.2) is 12.2 Å². The molecule has 0 unspecified atom stereocenters. The predicted octanol–water partition coefficient (Wildman–Crippen LogP) is 8.30. The number of hydrogen-bond donors (Lipinski definition) is 0. The number of rotatable bonds is 8. The van der Waals surface area contributed by atoms with Gasteiger partial charge in [0.2, 0.25) is 0 Å². The average molecular weight is 381 g/mol. The van der Waals surface area contributed by atoms with Gasteiger partial charge in [-0.3, -0.25) is 0 Å². The first-order chi connectivity index (χ1) is 13.4. The van der Waals surface area contributed by atoms with Crippen molar-refractivity contribution in [3.63, 3.8) is 0 Å². The van der Waals surface area contributed by atoms with Gasteiger partial charge in [-0.1, -0.05) is 99.8 Å². The van der Waals surface area contributed by atoms with Crippen LogP contribution in [0.5, 0.6) is 0 Å². The molecule has 0 N–H and O–H groups in total. The topological polar surface area (TPSA) is 9.23 Å². The molecule has 0 heterocycles. The van der Waals surface area contributed by atoms with Crippen LogP contribution in [0, 0.1) is 0 Å². The number of allylic oxidation sites excluding steroid dienone is 1. The maximum absolute atomic E-state index is 5.38. The standard InChI is InChI=1S/C20H24.C7H16O/c1-3-11-17(12-4-2)20(18-13-7-5-8-14-18)19-15-9-6-10-16-19;1-5-6-8-7(2,3)4/h5-10,13-16H,3-4,11-12H2,1-2H3;5-6H2,1-4H3. The third-order valence-corrected chi connectivity index (χ3v) is 4.32. The molecule has 1 heteroatoms. The second-order valence-electron chi connectivity index (χ2n) is 8.17. The molecule has 0 bridgehead atoms. The first kappa shape index (κ1) is 24.2. The summed E-state index contributed by atoms with van der Waals surface area (Å²) < 4.78 is 5.38. The Morgan fingerprint density at radius 1 is 0.679 bits per heavy atom. The Hall–Kier alpha value is -1.86. The molecule has 154 valence electrons. The third-order valence-electron chi connectivity index (χ3n) is 4.32. The summed E-state index contributed by atoms with van der Waals surface area (Å²) in [6, 6.07) is 21.6. The fourth-order valence-electron chi connectivity index (χ4n) is 3.17. The molecule has 2 aromatic carbocycles. The maximum Gasteiger partial charge on any atom is 0.0598 e. The van der Waals surface area contributed by atoms with E-state index < -0.39 is 0 Å². The minimum atomic E-state index is 0.0516. The molecular formula is C27H40O. The molecule has 0 saturated carbocycles. The highest BCUT2D eigenvalue weighted by atomic mass is 16.5. The van der Waals surface area contributed by atoms with Gasteiger partial charge >= 0.3 is 0 Å². The molecule has 0 fully saturated rings. The zero-order chi connectivity index (χ0) is 20.8. The van der Waals surface area contributed by atoms with Gasteiger partial charge in [0.25, 0.3) is 0 Å². The van der Waals surface area contributed by atoms with Gasteiger partial charge < -0.3 is 4.74 Å². The van der Waals surface area contributed by atoms with E-state index in [-0.39, 0.29) is 5.60 Å². The van der Waals surface area contributed by atoms with E-state index in [4.69, 9.17) is 4.74 Å². The highest BCUT2D eigenvalue weighted by molar-refractivity contribution is 5.82. The minimum Gasteiger partial charge on any atom is -0.376 e. The van der Waals surface area contributed by atoms with E-state index in [1.165, 1.54) is 42.4 Å². The van der Waals surface area contributed by atoms with E-state index in [9.17, 15) is 0 Å². The average Bonchev–Trinajstić information content (AvgIpc) is 2.69. The van der Waals surface area contributed by atoms with Gasteiger partial charge in [-0.15, -0.1) is 0 Å². The van der Waals surface area contributed by atoms with Crippen LogP contribution in [0.25, 0.3) is 5.57 Å². The van der Waals surface area contributed by atoms with E-state index in [2.05, 4.69) is 102 Å². The quantitative estimate of drug-likeness (QED) is 0.447. The van der Waals surface area contributed by atoms with Gasteiger partial charge in [0.1, 0.15) is 0 Å². The van der Waals surface area contributed by atoms with Crippen molar-refractivity contribution < 1.29 is 4.74 Å². The van der Waals surface area contributed by atoms with Crippen molar-refractivity contribution in [1.29, 1.82) is 0 Å². The van der Waals surface area contributed by atoms with Crippen LogP contribution in [0.1, 0.15) is 84.8 Å². The van der Waals surface area contributed by atoms with Crippen LogP contribution >= 0.6 is 0 Å². The Kier molecular flexibility index (Phi) is 11.5. The zero-order valence-corrected chi connectivity index (χ0v) is 18.9. The number of ether oxygens (including phenoxy) is 1. The lowest BCUT2D eigenvalue weighted by Gasteiger charge is -2.18. The molecule has 0 aliphatic heterocycles. The smallest absolute Gasteiger partial charge is 0.0598 e.